The topological polar surface area (TPSA) is 123 Å². The Kier molecular flexibility index (Phi) is 7.24. The molecule has 31 heavy (non-hydrogen) atoms. The summed E-state index contributed by atoms with van der Waals surface area (Å²) in [6.07, 6.45) is -2.15. The highest BCUT2D eigenvalue weighted by Gasteiger charge is 2.42. The molecule has 10 heteroatoms. The highest BCUT2D eigenvalue weighted by molar-refractivity contribution is 6.00. The van der Waals surface area contributed by atoms with Crippen molar-refractivity contribution in [1.82, 2.24) is 4.90 Å². The van der Waals surface area contributed by atoms with E-state index in [-0.39, 0.29) is 31.6 Å². The van der Waals surface area contributed by atoms with E-state index in [2.05, 4.69) is 0 Å². The van der Waals surface area contributed by atoms with Crippen molar-refractivity contribution in [3.63, 3.8) is 0 Å². The second-order valence-electron chi connectivity index (χ2n) is 7.48. The molecule has 1 aromatic carbocycles. The SMILES string of the molecule is CO[C@H]1CCN(C(=O)Cc2cccc(N3CCO[C@H]([C@@H](OC(C)=O)C(=O)O)C3=O)c2)C1. The minimum absolute atomic E-state index is 0.0244. The van der Waals surface area contributed by atoms with Gasteiger partial charge in [-0.25, -0.2) is 4.79 Å². The summed E-state index contributed by atoms with van der Waals surface area (Å²) in [5, 5.41) is 9.35. The van der Waals surface area contributed by atoms with Gasteiger partial charge in [-0.3, -0.25) is 14.4 Å². The van der Waals surface area contributed by atoms with E-state index in [1.54, 1.807) is 36.3 Å². The molecule has 2 saturated heterocycles. The standard InChI is InChI=1S/C21H26N2O8/c1-13(24)31-19(21(27)28)18-20(26)23(8-9-30-18)15-5-3-4-14(10-15)11-17(25)22-7-6-16(12-22)29-2/h3-5,10,16,18-19H,6-9,11-12H2,1-2H3,(H,27,28)/t16-,18+,19+/m0/s1. The van der Waals surface area contributed by atoms with E-state index in [9.17, 15) is 24.3 Å². The first kappa shape index (κ1) is 22.7. The van der Waals surface area contributed by atoms with Crippen LogP contribution in [0, 0.1) is 0 Å². The number of aliphatic carboxylic acids is 1. The number of amides is 2. The van der Waals surface area contributed by atoms with Gasteiger partial charge in [0.25, 0.3) is 5.91 Å². The molecule has 2 amide bonds. The van der Waals surface area contributed by atoms with Crippen LogP contribution in [0.2, 0.25) is 0 Å². The Bertz CT molecular complexity index is 858. The minimum atomic E-state index is -1.73. The number of rotatable bonds is 7. The molecule has 2 heterocycles. The Labute approximate surface area is 179 Å². The first-order valence-corrected chi connectivity index (χ1v) is 10.0. The predicted molar refractivity (Wildman–Crippen MR) is 107 cm³/mol. The molecule has 0 spiro atoms. The third-order valence-electron chi connectivity index (χ3n) is 5.34. The summed E-state index contributed by atoms with van der Waals surface area (Å²) < 4.78 is 15.4. The van der Waals surface area contributed by atoms with Gasteiger partial charge in [-0.15, -0.1) is 0 Å². The number of carbonyl (C=O) groups is 4. The van der Waals surface area contributed by atoms with Crippen molar-refractivity contribution in [2.75, 3.05) is 38.3 Å². The fraction of sp³-hybridized carbons (Fsp3) is 0.524. The second kappa shape index (κ2) is 9.88. The van der Waals surface area contributed by atoms with Gasteiger partial charge in [-0.05, 0) is 24.1 Å². The van der Waals surface area contributed by atoms with Crippen LogP contribution < -0.4 is 4.90 Å². The summed E-state index contributed by atoms with van der Waals surface area (Å²) in [6.45, 7) is 2.56. The fourth-order valence-corrected chi connectivity index (χ4v) is 3.77. The normalized spacial score (nSPS) is 22.3. The number of morpholine rings is 1. The number of hydrogen-bond acceptors (Lipinski definition) is 7. The quantitative estimate of drug-likeness (QED) is 0.605. The molecular formula is C21H26N2O8. The lowest BCUT2D eigenvalue weighted by molar-refractivity contribution is -0.177. The molecule has 168 valence electrons. The molecule has 0 aromatic heterocycles. The lowest BCUT2D eigenvalue weighted by Gasteiger charge is -2.34. The molecule has 0 aliphatic carbocycles. The minimum Gasteiger partial charge on any atom is -0.478 e. The molecule has 0 bridgehead atoms. The number of anilines is 1. The van der Waals surface area contributed by atoms with Gasteiger partial charge in [0.2, 0.25) is 12.0 Å². The summed E-state index contributed by atoms with van der Waals surface area (Å²) >= 11 is 0. The van der Waals surface area contributed by atoms with E-state index >= 15 is 0 Å². The lowest BCUT2D eigenvalue weighted by Crippen LogP contribution is -2.55. The van der Waals surface area contributed by atoms with Crippen molar-refractivity contribution < 1.29 is 38.5 Å². The van der Waals surface area contributed by atoms with E-state index in [0.717, 1.165) is 18.9 Å². The predicted octanol–water partition coefficient (Wildman–Crippen LogP) is 0.225. The van der Waals surface area contributed by atoms with Crippen LogP contribution in [-0.2, 0) is 39.8 Å². The zero-order chi connectivity index (χ0) is 22.5. The van der Waals surface area contributed by atoms with Crippen LogP contribution in [0.1, 0.15) is 18.9 Å². The monoisotopic (exact) mass is 434 g/mol. The lowest BCUT2D eigenvalue weighted by atomic mass is 10.1. The van der Waals surface area contributed by atoms with E-state index in [1.165, 1.54) is 4.90 Å². The van der Waals surface area contributed by atoms with Gasteiger partial charge in [-0.1, -0.05) is 12.1 Å². The number of nitrogens with zero attached hydrogens (tertiary/aromatic N) is 2. The molecule has 10 nitrogen and oxygen atoms in total. The van der Waals surface area contributed by atoms with E-state index < -0.39 is 30.1 Å². The van der Waals surface area contributed by atoms with Crippen LogP contribution in [0.5, 0.6) is 0 Å². The number of likely N-dealkylation sites (tertiary alicyclic amines) is 1. The van der Waals surface area contributed by atoms with Gasteiger partial charge in [0.1, 0.15) is 0 Å². The number of carbonyl (C=O) groups excluding carboxylic acids is 3. The smallest absolute Gasteiger partial charge is 0.348 e. The van der Waals surface area contributed by atoms with Gasteiger partial charge in [0, 0.05) is 39.4 Å². The molecule has 1 N–H and O–H groups in total. The van der Waals surface area contributed by atoms with E-state index in [0.29, 0.717) is 18.8 Å². The molecule has 0 saturated carbocycles. The third-order valence-corrected chi connectivity index (χ3v) is 5.34. The Balaban J connectivity index is 1.72. The number of methoxy groups -OCH3 is 1. The maximum Gasteiger partial charge on any atom is 0.348 e. The summed E-state index contributed by atoms with van der Waals surface area (Å²) in [7, 11) is 1.63. The summed E-state index contributed by atoms with van der Waals surface area (Å²) in [6, 6.07) is 6.96. The third kappa shape index (κ3) is 5.39. The van der Waals surface area contributed by atoms with Gasteiger partial charge in [0.15, 0.2) is 6.10 Å². The number of carboxylic acids is 1. The average Bonchev–Trinajstić information content (AvgIpc) is 3.22. The van der Waals surface area contributed by atoms with Gasteiger partial charge in [-0.2, -0.15) is 0 Å². The van der Waals surface area contributed by atoms with Crippen LogP contribution in [0.15, 0.2) is 24.3 Å². The number of benzene rings is 1. The number of carboxylic acid groups (broad SMARTS) is 1. The number of ether oxygens (including phenoxy) is 3. The van der Waals surface area contributed by atoms with Crippen molar-refractivity contribution >= 4 is 29.4 Å². The van der Waals surface area contributed by atoms with Crippen LogP contribution in [0.4, 0.5) is 5.69 Å². The van der Waals surface area contributed by atoms with Gasteiger partial charge in [0.05, 0.1) is 19.1 Å². The van der Waals surface area contributed by atoms with Gasteiger partial charge >= 0.3 is 11.9 Å². The Morgan fingerprint density at radius 3 is 2.71 bits per heavy atom. The molecule has 2 fully saturated rings. The van der Waals surface area contributed by atoms with Crippen molar-refractivity contribution in [2.24, 2.45) is 0 Å². The first-order chi connectivity index (χ1) is 14.8. The molecular weight excluding hydrogens is 408 g/mol. The number of hydrogen-bond donors (Lipinski definition) is 1. The Morgan fingerprint density at radius 2 is 2.06 bits per heavy atom. The number of esters is 1. The largest absolute Gasteiger partial charge is 0.478 e. The van der Waals surface area contributed by atoms with Crippen molar-refractivity contribution in [1.29, 1.82) is 0 Å². The van der Waals surface area contributed by atoms with E-state index in [1.807, 2.05) is 0 Å². The molecule has 1 aromatic rings. The fourth-order valence-electron chi connectivity index (χ4n) is 3.77. The Hall–Kier alpha value is -2.98. The van der Waals surface area contributed by atoms with Crippen molar-refractivity contribution in [3.8, 4) is 0 Å². The van der Waals surface area contributed by atoms with Crippen LogP contribution in [0.25, 0.3) is 0 Å². The zero-order valence-electron chi connectivity index (χ0n) is 17.5. The summed E-state index contributed by atoms with van der Waals surface area (Å²) in [4.78, 5) is 51.4. The maximum atomic E-state index is 12.9. The first-order valence-electron chi connectivity index (χ1n) is 10.0. The van der Waals surface area contributed by atoms with Gasteiger partial charge < -0.3 is 29.1 Å². The molecule has 2 aliphatic rings. The second-order valence-corrected chi connectivity index (χ2v) is 7.48. The van der Waals surface area contributed by atoms with E-state index in [4.69, 9.17) is 14.2 Å². The average molecular weight is 434 g/mol. The highest BCUT2D eigenvalue weighted by atomic mass is 16.6. The van der Waals surface area contributed by atoms with Crippen LogP contribution >= 0.6 is 0 Å². The molecule has 0 radical (unpaired) electrons. The van der Waals surface area contributed by atoms with Crippen LogP contribution in [-0.4, -0.2) is 85.4 Å². The molecule has 3 atom stereocenters. The summed E-state index contributed by atoms with van der Waals surface area (Å²) in [5.74, 6) is -2.93. The van der Waals surface area contributed by atoms with Crippen LogP contribution in [0.3, 0.4) is 0 Å². The zero-order valence-corrected chi connectivity index (χ0v) is 17.5. The highest BCUT2D eigenvalue weighted by Crippen LogP contribution is 2.23. The summed E-state index contributed by atoms with van der Waals surface area (Å²) in [5.41, 5.74) is 1.25. The molecule has 3 rings (SSSR count). The Morgan fingerprint density at radius 1 is 1.29 bits per heavy atom. The molecule has 0 unspecified atom stereocenters. The molecule has 2 aliphatic heterocycles. The van der Waals surface area contributed by atoms with Crippen molar-refractivity contribution in [2.45, 2.75) is 38.1 Å². The van der Waals surface area contributed by atoms with Crippen molar-refractivity contribution in [3.05, 3.63) is 29.8 Å². The maximum absolute atomic E-state index is 12.9.